The van der Waals surface area contributed by atoms with Gasteiger partial charge in [-0.1, -0.05) is 0 Å². The number of H-pyrrole nitrogens is 1. The third-order valence-electron chi connectivity index (χ3n) is 4.45. The second-order valence-electron chi connectivity index (χ2n) is 6.07. The molecule has 0 spiro atoms. The Hall–Kier alpha value is -1.77. The van der Waals surface area contributed by atoms with E-state index in [0.29, 0.717) is 30.8 Å². The van der Waals surface area contributed by atoms with Gasteiger partial charge in [-0.3, -0.25) is 14.5 Å². The van der Waals surface area contributed by atoms with Crippen LogP contribution in [0.1, 0.15) is 16.3 Å². The Bertz CT molecular complexity index is 805. The average Bonchev–Trinajstić information content (AvgIpc) is 2.83. The molecular formula is C16H22N4O3S. The number of aromatic nitrogens is 2. The van der Waals surface area contributed by atoms with Crippen molar-refractivity contribution in [1.29, 1.82) is 0 Å². The number of nitrogens with one attached hydrogen (secondary N) is 1. The summed E-state index contributed by atoms with van der Waals surface area (Å²) in [7, 11) is 1.53. The van der Waals surface area contributed by atoms with E-state index < -0.39 is 0 Å². The van der Waals surface area contributed by atoms with Crippen LogP contribution in [0.15, 0.2) is 4.79 Å². The van der Waals surface area contributed by atoms with Gasteiger partial charge in [0.25, 0.3) is 5.56 Å². The van der Waals surface area contributed by atoms with Crippen molar-refractivity contribution in [2.45, 2.75) is 20.4 Å². The molecule has 0 aliphatic carbocycles. The molecule has 8 heteroatoms. The Balaban J connectivity index is 1.68. The van der Waals surface area contributed by atoms with Gasteiger partial charge in [0.15, 0.2) is 0 Å². The van der Waals surface area contributed by atoms with Crippen LogP contribution in [0.5, 0.6) is 0 Å². The fourth-order valence-electron chi connectivity index (χ4n) is 2.96. The van der Waals surface area contributed by atoms with Crippen LogP contribution < -0.4 is 5.56 Å². The molecule has 1 fully saturated rings. The van der Waals surface area contributed by atoms with Gasteiger partial charge in [-0.05, 0) is 19.4 Å². The Morgan fingerprint density at radius 3 is 2.67 bits per heavy atom. The van der Waals surface area contributed by atoms with Crippen LogP contribution in [0.3, 0.4) is 0 Å². The van der Waals surface area contributed by atoms with Crippen molar-refractivity contribution in [1.82, 2.24) is 19.8 Å². The minimum absolute atomic E-state index is 0.0228. The largest absolute Gasteiger partial charge is 0.375 e. The van der Waals surface area contributed by atoms with Gasteiger partial charge in [-0.2, -0.15) is 0 Å². The Labute approximate surface area is 144 Å². The number of amides is 1. The highest BCUT2D eigenvalue weighted by atomic mass is 32.1. The highest BCUT2D eigenvalue weighted by Crippen LogP contribution is 2.25. The van der Waals surface area contributed by atoms with Crippen molar-refractivity contribution in [3.63, 3.8) is 0 Å². The molecule has 130 valence electrons. The smallest absolute Gasteiger partial charge is 0.259 e. The molecule has 1 aliphatic heterocycles. The normalized spacial score (nSPS) is 16.0. The van der Waals surface area contributed by atoms with Gasteiger partial charge in [0, 0.05) is 38.2 Å². The van der Waals surface area contributed by atoms with Crippen molar-refractivity contribution in [2.75, 3.05) is 39.9 Å². The number of hydrogen-bond donors (Lipinski definition) is 1. The van der Waals surface area contributed by atoms with Crippen molar-refractivity contribution < 1.29 is 9.53 Å². The monoisotopic (exact) mass is 350 g/mol. The molecule has 0 unspecified atom stereocenters. The van der Waals surface area contributed by atoms with Crippen molar-refractivity contribution in [3.05, 3.63) is 26.6 Å². The molecule has 3 rings (SSSR count). The lowest BCUT2D eigenvalue weighted by atomic mass is 10.2. The molecule has 0 saturated carbocycles. The number of methoxy groups -OCH3 is 1. The molecule has 3 heterocycles. The van der Waals surface area contributed by atoms with E-state index in [1.807, 2.05) is 18.7 Å². The number of fused-ring (bicyclic) bond motifs is 1. The van der Waals surface area contributed by atoms with Crippen molar-refractivity contribution in [3.8, 4) is 0 Å². The number of hydrogen-bond acceptors (Lipinski definition) is 6. The zero-order valence-corrected chi connectivity index (χ0v) is 15.0. The van der Waals surface area contributed by atoms with Crippen LogP contribution in [0.2, 0.25) is 0 Å². The van der Waals surface area contributed by atoms with E-state index in [4.69, 9.17) is 4.74 Å². The first-order chi connectivity index (χ1) is 11.5. The standard InChI is InChI=1S/C16H22N4O3S/c1-10-11(2)24-16-14(10)15(22)17-12(18-16)8-19-4-6-20(7-5-19)13(21)9-23-3/h4-9H2,1-3H3,(H,17,18,22). The number of nitrogens with zero attached hydrogens (tertiary/aromatic N) is 3. The molecule has 2 aromatic rings. The molecule has 24 heavy (non-hydrogen) atoms. The molecule has 1 N–H and O–H groups in total. The molecular weight excluding hydrogens is 328 g/mol. The number of carbonyl (C=O) groups excluding carboxylic acids is 1. The van der Waals surface area contributed by atoms with Gasteiger partial charge in [0.1, 0.15) is 17.3 Å². The highest BCUT2D eigenvalue weighted by molar-refractivity contribution is 7.18. The molecule has 1 amide bonds. The number of rotatable bonds is 4. The summed E-state index contributed by atoms with van der Waals surface area (Å²) in [5.41, 5.74) is 0.950. The van der Waals surface area contributed by atoms with E-state index in [1.165, 1.54) is 7.11 Å². The van der Waals surface area contributed by atoms with E-state index in [0.717, 1.165) is 28.4 Å². The topological polar surface area (TPSA) is 78.5 Å². The summed E-state index contributed by atoms with van der Waals surface area (Å²) in [5, 5.41) is 0.705. The Morgan fingerprint density at radius 1 is 1.29 bits per heavy atom. The molecule has 2 aromatic heterocycles. The Kier molecular flexibility index (Phi) is 4.98. The zero-order chi connectivity index (χ0) is 17.3. The number of ether oxygens (including phenoxy) is 1. The fourth-order valence-corrected chi connectivity index (χ4v) is 4.00. The first kappa shape index (κ1) is 17.1. The second kappa shape index (κ2) is 7.00. The zero-order valence-electron chi connectivity index (χ0n) is 14.2. The first-order valence-corrected chi connectivity index (χ1v) is 8.79. The summed E-state index contributed by atoms with van der Waals surface area (Å²) in [6.07, 6.45) is 0. The minimum atomic E-state index is -0.0641. The predicted molar refractivity (Wildman–Crippen MR) is 93.4 cm³/mol. The van der Waals surface area contributed by atoms with E-state index in [-0.39, 0.29) is 18.1 Å². The summed E-state index contributed by atoms with van der Waals surface area (Å²) >= 11 is 1.56. The van der Waals surface area contributed by atoms with Crippen LogP contribution in [0.25, 0.3) is 10.2 Å². The van der Waals surface area contributed by atoms with E-state index in [2.05, 4.69) is 14.9 Å². The van der Waals surface area contributed by atoms with Gasteiger partial charge in [0.05, 0.1) is 11.9 Å². The van der Waals surface area contributed by atoms with Crippen molar-refractivity contribution in [2.24, 2.45) is 0 Å². The summed E-state index contributed by atoms with van der Waals surface area (Å²) in [6, 6.07) is 0. The molecule has 1 saturated heterocycles. The quantitative estimate of drug-likeness (QED) is 0.886. The maximum absolute atomic E-state index is 12.3. The number of carbonyl (C=O) groups is 1. The maximum Gasteiger partial charge on any atom is 0.259 e. The van der Waals surface area contributed by atoms with E-state index in [9.17, 15) is 9.59 Å². The SMILES string of the molecule is COCC(=O)N1CCN(Cc2nc3sc(C)c(C)c3c(=O)[nH]2)CC1. The first-order valence-electron chi connectivity index (χ1n) is 7.97. The van der Waals surface area contributed by atoms with E-state index in [1.54, 1.807) is 11.3 Å². The second-order valence-corrected chi connectivity index (χ2v) is 7.27. The molecule has 0 atom stereocenters. The lowest BCUT2D eigenvalue weighted by Gasteiger charge is -2.34. The van der Waals surface area contributed by atoms with Gasteiger partial charge in [0.2, 0.25) is 5.91 Å². The van der Waals surface area contributed by atoms with Gasteiger partial charge < -0.3 is 14.6 Å². The third-order valence-corrected chi connectivity index (χ3v) is 5.56. The highest BCUT2D eigenvalue weighted by Gasteiger charge is 2.22. The lowest BCUT2D eigenvalue weighted by Crippen LogP contribution is -2.49. The summed E-state index contributed by atoms with van der Waals surface area (Å²) in [6.45, 7) is 7.56. The van der Waals surface area contributed by atoms with Crippen LogP contribution in [-0.2, 0) is 16.1 Å². The molecule has 1 aliphatic rings. The van der Waals surface area contributed by atoms with Crippen molar-refractivity contribution >= 4 is 27.5 Å². The number of aromatic amines is 1. The van der Waals surface area contributed by atoms with E-state index >= 15 is 0 Å². The van der Waals surface area contributed by atoms with Crippen LogP contribution in [0.4, 0.5) is 0 Å². The number of thiophene rings is 1. The molecule has 0 aromatic carbocycles. The third kappa shape index (κ3) is 3.35. The average molecular weight is 350 g/mol. The Morgan fingerprint density at radius 2 is 2.00 bits per heavy atom. The fraction of sp³-hybridized carbons (Fsp3) is 0.562. The van der Waals surface area contributed by atoms with Gasteiger partial charge in [-0.25, -0.2) is 4.98 Å². The maximum atomic E-state index is 12.3. The minimum Gasteiger partial charge on any atom is -0.375 e. The predicted octanol–water partition coefficient (Wildman–Crippen LogP) is 0.892. The van der Waals surface area contributed by atoms with Crippen LogP contribution >= 0.6 is 11.3 Å². The molecule has 0 radical (unpaired) electrons. The summed E-state index contributed by atoms with van der Waals surface area (Å²) in [4.78, 5) is 37.6. The van der Waals surface area contributed by atoms with Gasteiger partial charge >= 0.3 is 0 Å². The number of piperazine rings is 1. The summed E-state index contributed by atoms with van der Waals surface area (Å²) < 4.78 is 4.89. The number of aryl methyl sites for hydroxylation is 2. The lowest BCUT2D eigenvalue weighted by molar-refractivity contribution is -0.136. The summed E-state index contributed by atoms with van der Waals surface area (Å²) in [5.74, 6) is 0.708. The molecule has 7 nitrogen and oxygen atoms in total. The van der Waals surface area contributed by atoms with Crippen LogP contribution in [-0.4, -0.2) is 65.6 Å². The van der Waals surface area contributed by atoms with Crippen LogP contribution in [0, 0.1) is 13.8 Å². The molecule has 0 bridgehead atoms. The van der Waals surface area contributed by atoms with Gasteiger partial charge in [-0.15, -0.1) is 11.3 Å².